The van der Waals surface area contributed by atoms with Crippen LogP contribution < -0.4 is 5.73 Å². The first kappa shape index (κ1) is 15.5. The zero-order valence-corrected chi connectivity index (χ0v) is 13.1. The molecule has 2 unspecified atom stereocenters. The van der Waals surface area contributed by atoms with Crippen molar-refractivity contribution in [3.05, 3.63) is 35.4 Å². The molecule has 3 heteroatoms. The molecule has 0 spiro atoms. The fourth-order valence-corrected chi connectivity index (χ4v) is 2.96. The van der Waals surface area contributed by atoms with Crippen LogP contribution in [-0.4, -0.2) is 37.2 Å². The molecule has 2 N–H and O–H groups in total. The predicted molar refractivity (Wildman–Crippen MR) is 83.8 cm³/mol. The van der Waals surface area contributed by atoms with E-state index in [2.05, 4.69) is 43.0 Å². The number of nitrogens with zero attached hydrogens (tertiary/aromatic N) is 1. The van der Waals surface area contributed by atoms with Crippen molar-refractivity contribution in [1.29, 1.82) is 0 Å². The summed E-state index contributed by atoms with van der Waals surface area (Å²) in [6.45, 7) is 8.28. The number of rotatable bonds is 5. The molecule has 1 aliphatic rings. The highest BCUT2D eigenvalue weighted by molar-refractivity contribution is 5.25. The zero-order valence-electron chi connectivity index (χ0n) is 13.1. The summed E-state index contributed by atoms with van der Waals surface area (Å²) in [4.78, 5) is 2.49. The fraction of sp³-hybridized carbons (Fsp3) is 0.647. The molecule has 0 amide bonds. The summed E-state index contributed by atoms with van der Waals surface area (Å²) < 4.78 is 5.66. The van der Waals surface area contributed by atoms with Gasteiger partial charge in [0.25, 0.3) is 0 Å². The zero-order chi connectivity index (χ0) is 14.6. The van der Waals surface area contributed by atoms with Crippen LogP contribution in [0.25, 0.3) is 0 Å². The van der Waals surface area contributed by atoms with Crippen LogP contribution in [0.15, 0.2) is 24.3 Å². The van der Waals surface area contributed by atoms with E-state index in [1.165, 1.54) is 24.1 Å². The van der Waals surface area contributed by atoms with E-state index in [4.69, 9.17) is 10.5 Å². The smallest absolute Gasteiger partial charge is 0.0777 e. The number of likely N-dealkylation sites (tertiary alicyclic amines) is 1. The molecule has 1 fully saturated rings. The summed E-state index contributed by atoms with van der Waals surface area (Å²) in [5, 5.41) is 0. The summed E-state index contributed by atoms with van der Waals surface area (Å²) >= 11 is 0. The molecule has 1 saturated heterocycles. The average Bonchev–Trinajstić information content (AvgIpc) is 2.47. The van der Waals surface area contributed by atoms with Gasteiger partial charge >= 0.3 is 0 Å². The SMILES string of the molecule is COC1(C)CCCN(Cc2ccc(C(C)CN)cc2)C1. The van der Waals surface area contributed by atoms with Gasteiger partial charge in [-0.2, -0.15) is 0 Å². The molecule has 0 bridgehead atoms. The van der Waals surface area contributed by atoms with Gasteiger partial charge in [-0.3, -0.25) is 4.90 Å². The van der Waals surface area contributed by atoms with E-state index in [1.54, 1.807) is 0 Å². The third-order valence-corrected chi connectivity index (χ3v) is 4.54. The maximum Gasteiger partial charge on any atom is 0.0777 e. The third kappa shape index (κ3) is 3.81. The number of ether oxygens (including phenoxy) is 1. The standard InChI is InChI=1S/C17H28N2O/c1-14(11-18)16-7-5-15(6-8-16)12-19-10-4-9-17(2,13-19)20-3/h5-8,14H,4,9-13,18H2,1-3H3. The molecule has 2 atom stereocenters. The van der Waals surface area contributed by atoms with E-state index in [0.29, 0.717) is 12.5 Å². The van der Waals surface area contributed by atoms with Gasteiger partial charge in [-0.15, -0.1) is 0 Å². The molecule has 20 heavy (non-hydrogen) atoms. The van der Waals surface area contributed by atoms with Crippen LogP contribution >= 0.6 is 0 Å². The highest BCUT2D eigenvalue weighted by atomic mass is 16.5. The molecule has 1 aromatic carbocycles. The van der Waals surface area contributed by atoms with Gasteiger partial charge in [-0.25, -0.2) is 0 Å². The van der Waals surface area contributed by atoms with Gasteiger partial charge in [0, 0.05) is 20.2 Å². The van der Waals surface area contributed by atoms with Crippen molar-refractivity contribution in [2.75, 3.05) is 26.7 Å². The van der Waals surface area contributed by atoms with Gasteiger partial charge in [0.2, 0.25) is 0 Å². The van der Waals surface area contributed by atoms with Crippen molar-refractivity contribution in [2.45, 2.75) is 44.8 Å². The molecule has 2 rings (SSSR count). The van der Waals surface area contributed by atoms with Crippen LogP contribution in [0.4, 0.5) is 0 Å². The number of methoxy groups -OCH3 is 1. The van der Waals surface area contributed by atoms with E-state index in [0.717, 1.165) is 19.5 Å². The van der Waals surface area contributed by atoms with E-state index in [-0.39, 0.29) is 5.60 Å². The number of hydrogen-bond acceptors (Lipinski definition) is 3. The molecule has 1 aliphatic heterocycles. The lowest BCUT2D eigenvalue weighted by Gasteiger charge is -2.39. The Morgan fingerprint density at radius 2 is 2.05 bits per heavy atom. The van der Waals surface area contributed by atoms with Crippen molar-refractivity contribution < 1.29 is 4.74 Å². The lowest BCUT2D eigenvalue weighted by molar-refractivity contribution is -0.0527. The molecule has 1 heterocycles. The van der Waals surface area contributed by atoms with E-state index < -0.39 is 0 Å². The second-order valence-electron chi connectivity index (χ2n) is 6.35. The van der Waals surface area contributed by atoms with Gasteiger partial charge in [-0.1, -0.05) is 31.2 Å². The Kier molecular flexibility index (Phi) is 5.19. The molecule has 0 saturated carbocycles. The Morgan fingerprint density at radius 1 is 1.35 bits per heavy atom. The van der Waals surface area contributed by atoms with Crippen LogP contribution in [0.5, 0.6) is 0 Å². The van der Waals surface area contributed by atoms with E-state index in [1.807, 2.05) is 7.11 Å². The Bertz CT molecular complexity index is 418. The summed E-state index contributed by atoms with van der Waals surface area (Å²) in [6.07, 6.45) is 2.37. The molecular formula is C17H28N2O. The van der Waals surface area contributed by atoms with Gasteiger partial charge in [-0.05, 0) is 49.9 Å². The first-order valence-corrected chi connectivity index (χ1v) is 7.63. The largest absolute Gasteiger partial charge is 0.377 e. The van der Waals surface area contributed by atoms with Crippen LogP contribution in [0.3, 0.4) is 0 Å². The summed E-state index contributed by atoms with van der Waals surface area (Å²) in [7, 11) is 1.83. The minimum absolute atomic E-state index is 0.0201. The second-order valence-corrected chi connectivity index (χ2v) is 6.35. The summed E-state index contributed by atoms with van der Waals surface area (Å²) in [6, 6.07) is 8.90. The third-order valence-electron chi connectivity index (χ3n) is 4.54. The van der Waals surface area contributed by atoms with Crippen molar-refractivity contribution in [3.63, 3.8) is 0 Å². The van der Waals surface area contributed by atoms with Gasteiger partial charge in [0.05, 0.1) is 5.60 Å². The monoisotopic (exact) mass is 276 g/mol. The number of nitrogens with two attached hydrogens (primary N) is 1. The van der Waals surface area contributed by atoms with Crippen molar-refractivity contribution in [3.8, 4) is 0 Å². The topological polar surface area (TPSA) is 38.5 Å². The quantitative estimate of drug-likeness (QED) is 0.898. The second kappa shape index (κ2) is 6.70. The van der Waals surface area contributed by atoms with E-state index >= 15 is 0 Å². The first-order chi connectivity index (χ1) is 9.56. The Morgan fingerprint density at radius 3 is 2.65 bits per heavy atom. The maximum atomic E-state index is 5.71. The molecule has 112 valence electrons. The highest BCUT2D eigenvalue weighted by Gasteiger charge is 2.30. The van der Waals surface area contributed by atoms with Crippen LogP contribution in [0, 0.1) is 0 Å². The Balaban J connectivity index is 1.96. The van der Waals surface area contributed by atoms with E-state index in [9.17, 15) is 0 Å². The Labute approximate surface area is 123 Å². The van der Waals surface area contributed by atoms with Crippen molar-refractivity contribution >= 4 is 0 Å². The maximum absolute atomic E-state index is 5.71. The van der Waals surface area contributed by atoms with Crippen molar-refractivity contribution in [2.24, 2.45) is 5.73 Å². The molecular weight excluding hydrogens is 248 g/mol. The number of benzene rings is 1. The predicted octanol–water partition coefficient (Wildman–Crippen LogP) is 2.75. The lowest BCUT2D eigenvalue weighted by atomic mass is 9.94. The minimum atomic E-state index is 0.0201. The Hall–Kier alpha value is -0.900. The molecule has 3 nitrogen and oxygen atoms in total. The number of hydrogen-bond donors (Lipinski definition) is 1. The molecule has 0 aromatic heterocycles. The van der Waals surface area contributed by atoms with Gasteiger partial charge in [0.15, 0.2) is 0 Å². The van der Waals surface area contributed by atoms with Crippen LogP contribution in [0.1, 0.15) is 43.7 Å². The molecule has 1 aromatic rings. The van der Waals surface area contributed by atoms with Gasteiger partial charge in [0.1, 0.15) is 0 Å². The first-order valence-electron chi connectivity index (χ1n) is 7.63. The average molecular weight is 276 g/mol. The van der Waals surface area contributed by atoms with Crippen LogP contribution in [-0.2, 0) is 11.3 Å². The summed E-state index contributed by atoms with van der Waals surface area (Å²) in [5.74, 6) is 0.441. The van der Waals surface area contributed by atoms with Crippen molar-refractivity contribution in [1.82, 2.24) is 4.90 Å². The summed E-state index contributed by atoms with van der Waals surface area (Å²) in [5.41, 5.74) is 8.44. The van der Waals surface area contributed by atoms with Crippen LogP contribution in [0.2, 0.25) is 0 Å². The number of piperidine rings is 1. The van der Waals surface area contributed by atoms with Gasteiger partial charge < -0.3 is 10.5 Å². The molecule has 0 aliphatic carbocycles. The highest BCUT2D eigenvalue weighted by Crippen LogP contribution is 2.25. The minimum Gasteiger partial charge on any atom is -0.377 e. The normalized spacial score (nSPS) is 25.6. The molecule has 0 radical (unpaired) electrons. The lowest BCUT2D eigenvalue weighted by Crippen LogP contribution is -2.46. The fourth-order valence-electron chi connectivity index (χ4n) is 2.96.